The zero-order chi connectivity index (χ0) is 11.5. The smallest absolute Gasteiger partial charge is 0.285 e. The van der Waals surface area contributed by atoms with Gasteiger partial charge in [0.25, 0.3) is 5.91 Å². The second kappa shape index (κ2) is 4.90. The molecule has 2 heterocycles. The van der Waals surface area contributed by atoms with Gasteiger partial charge in [-0.3, -0.25) is 4.79 Å². The molecule has 82 valence electrons. The summed E-state index contributed by atoms with van der Waals surface area (Å²) >= 11 is 10.1. The third-order valence-corrected chi connectivity index (χ3v) is 3.39. The normalized spacial score (nSPS) is 10.1. The minimum Gasteiger partial charge on any atom is -0.304 e. The maximum Gasteiger partial charge on any atom is 0.285 e. The number of anilines is 1. The van der Waals surface area contributed by atoms with E-state index in [9.17, 15) is 4.79 Å². The predicted octanol–water partition coefficient (Wildman–Crippen LogP) is 3.21. The lowest BCUT2D eigenvalue weighted by Crippen LogP contribution is -2.12. The maximum absolute atomic E-state index is 11.7. The van der Waals surface area contributed by atoms with Crippen molar-refractivity contribution in [2.24, 2.45) is 0 Å². The van der Waals surface area contributed by atoms with Crippen molar-refractivity contribution >= 4 is 50.6 Å². The van der Waals surface area contributed by atoms with E-state index in [2.05, 4.69) is 31.2 Å². The van der Waals surface area contributed by atoms with Crippen molar-refractivity contribution in [2.75, 3.05) is 5.32 Å². The first-order valence-corrected chi connectivity index (χ1v) is 6.25. The third kappa shape index (κ3) is 2.78. The average molecular weight is 319 g/mol. The lowest BCUT2D eigenvalue weighted by molar-refractivity contribution is 0.102. The summed E-state index contributed by atoms with van der Waals surface area (Å²) in [5.74, 6) is 0.106. The van der Waals surface area contributed by atoms with E-state index in [4.69, 9.17) is 11.6 Å². The van der Waals surface area contributed by atoms with Crippen LogP contribution < -0.4 is 5.32 Å². The van der Waals surface area contributed by atoms with Gasteiger partial charge in [-0.25, -0.2) is 9.97 Å². The molecule has 0 fully saturated rings. The Hall–Kier alpha value is -0.980. The van der Waals surface area contributed by atoms with Crippen molar-refractivity contribution in [3.8, 4) is 0 Å². The number of halogens is 2. The molecule has 0 saturated heterocycles. The van der Waals surface area contributed by atoms with Gasteiger partial charge in [-0.05, 0) is 28.1 Å². The second-order valence-corrected chi connectivity index (χ2v) is 4.83. The van der Waals surface area contributed by atoms with E-state index in [1.807, 2.05) is 0 Å². The fourth-order valence-corrected chi connectivity index (χ4v) is 2.32. The van der Waals surface area contributed by atoms with E-state index in [-0.39, 0.29) is 5.91 Å². The molecule has 0 aliphatic carbocycles. The molecule has 0 radical (unpaired) electrons. The summed E-state index contributed by atoms with van der Waals surface area (Å²) in [6.45, 7) is 0. The molecule has 2 aromatic rings. The van der Waals surface area contributed by atoms with Crippen LogP contribution in [-0.2, 0) is 0 Å². The summed E-state index contributed by atoms with van der Waals surface area (Å²) in [7, 11) is 0. The van der Waals surface area contributed by atoms with Crippen LogP contribution in [0, 0.1) is 0 Å². The van der Waals surface area contributed by atoms with Gasteiger partial charge in [-0.15, -0.1) is 11.3 Å². The molecule has 2 aromatic heterocycles. The predicted molar refractivity (Wildman–Crippen MR) is 67.0 cm³/mol. The largest absolute Gasteiger partial charge is 0.304 e. The summed E-state index contributed by atoms with van der Waals surface area (Å²) in [6.07, 6.45) is 0. The highest BCUT2D eigenvalue weighted by molar-refractivity contribution is 9.10. The van der Waals surface area contributed by atoms with Crippen LogP contribution in [-0.4, -0.2) is 15.9 Å². The van der Waals surface area contributed by atoms with Crippen LogP contribution in [0.25, 0.3) is 0 Å². The Morgan fingerprint density at radius 1 is 1.44 bits per heavy atom. The van der Waals surface area contributed by atoms with Crippen molar-refractivity contribution in [3.05, 3.63) is 38.3 Å². The molecular formula is C9H5BrClN3OS. The minimum absolute atomic E-state index is 0.300. The van der Waals surface area contributed by atoms with Crippen molar-refractivity contribution in [3.63, 3.8) is 0 Å². The zero-order valence-electron chi connectivity index (χ0n) is 7.78. The van der Waals surface area contributed by atoms with Crippen LogP contribution in [0.2, 0.25) is 5.15 Å². The molecule has 0 saturated carbocycles. The fraction of sp³-hybridized carbons (Fsp3) is 0. The first-order chi connectivity index (χ1) is 7.65. The molecule has 0 aliphatic heterocycles. The number of carbonyl (C=O) groups excluding carboxylic acids is 1. The topological polar surface area (TPSA) is 54.9 Å². The highest BCUT2D eigenvalue weighted by atomic mass is 79.9. The van der Waals surface area contributed by atoms with Crippen LogP contribution in [0.4, 0.5) is 5.82 Å². The molecule has 0 aromatic carbocycles. The Morgan fingerprint density at radius 3 is 2.88 bits per heavy atom. The van der Waals surface area contributed by atoms with E-state index < -0.39 is 0 Å². The number of aromatic nitrogens is 2. The molecule has 0 aliphatic rings. The monoisotopic (exact) mass is 317 g/mol. The molecule has 1 amide bonds. The van der Waals surface area contributed by atoms with Gasteiger partial charge < -0.3 is 5.32 Å². The van der Waals surface area contributed by atoms with E-state index >= 15 is 0 Å². The lowest BCUT2D eigenvalue weighted by Gasteiger charge is -2.01. The summed E-state index contributed by atoms with van der Waals surface area (Å²) in [6, 6.07) is 5.01. The van der Waals surface area contributed by atoms with Crippen LogP contribution in [0.5, 0.6) is 0 Å². The van der Waals surface area contributed by atoms with Crippen molar-refractivity contribution < 1.29 is 4.79 Å². The molecule has 7 heteroatoms. The summed E-state index contributed by atoms with van der Waals surface area (Å²) in [5.41, 5.74) is 0. The first-order valence-electron chi connectivity index (χ1n) is 4.20. The standard InChI is InChI=1S/C9H5BrClN3OS/c10-5-4-16-9(12-5)8(15)14-7-3-1-2-6(11)13-7/h1-4H,(H,13,14,15). The molecule has 1 N–H and O–H groups in total. The van der Waals surface area contributed by atoms with Crippen LogP contribution in [0.3, 0.4) is 0 Å². The Labute approximate surface area is 109 Å². The summed E-state index contributed by atoms with van der Waals surface area (Å²) in [4.78, 5) is 19.6. The highest BCUT2D eigenvalue weighted by Crippen LogP contribution is 2.16. The molecule has 0 bridgehead atoms. The Balaban J connectivity index is 2.13. The van der Waals surface area contributed by atoms with E-state index in [1.54, 1.807) is 23.6 Å². The van der Waals surface area contributed by atoms with E-state index in [1.165, 1.54) is 11.3 Å². The van der Waals surface area contributed by atoms with Gasteiger partial charge in [-0.1, -0.05) is 17.7 Å². The zero-order valence-corrected chi connectivity index (χ0v) is 10.9. The van der Waals surface area contributed by atoms with E-state index in [0.29, 0.717) is 20.6 Å². The van der Waals surface area contributed by atoms with Crippen molar-refractivity contribution in [1.29, 1.82) is 0 Å². The number of pyridine rings is 1. The Kier molecular flexibility index (Phi) is 3.52. The molecule has 0 unspecified atom stereocenters. The average Bonchev–Trinajstić information content (AvgIpc) is 2.65. The molecular weight excluding hydrogens is 314 g/mol. The molecule has 2 rings (SSSR count). The fourth-order valence-electron chi connectivity index (χ4n) is 1.01. The Bertz CT molecular complexity index is 531. The van der Waals surface area contributed by atoms with Gasteiger partial charge in [0, 0.05) is 5.38 Å². The number of amides is 1. The number of carbonyl (C=O) groups is 1. The summed E-state index contributed by atoms with van der Waals surface area (Å²) in [5, 5.41) is 5.04. The van der Waals surface area contributed by atoms with Crippen LogP contribution in [0.1, 0.15) is 9.80 Å². The molecule has 0 spiro atoms. The van der Waals surface area contributed by atoms with Gasteiger partial charge in [0.2, 0.25) is 0 Å². The highest BCUT2D eigenvalue weighted by Gasteiger charge is 2.10. The van der Waals surface area contributed by atoms with E-state index in [0.717, 1.165) is 0 Å². The molecule has 4 nitrogen and oxygen atoms in total. The maximum atomic E-state index is 11.7. The van der Waals surface area contributed by atoms with Gasteiger partial charge in [-0.2, -0.15) is 0 Å². The number of rotatable bonds is 2. The number of nitrogens with one attached hydrogen (secondary N) is 1. The quantitative estimate of drug-likeness (QED) is 0.865. The van der Waals surface area contributed by atoms with Crippen molar-refractivity contribution in [2.45, 2.75) is 0 Å². The number of nitrogens with zero attached hydrogens (tertiary/aromatic N) is 2. The molecule has 0 atom stereocenters. The second-order valence-electron chi connectivity index (χ2n) is 2.78. The number of hydrogen-bond acceptors (Lipinski definition) is 4. The lowest BCUT2D eigenvalue weighted by atomic mass is 10.4. The van der Waals surface area contributed by atoms with Gasteiger partial charge >= 0.3 is 0 Å². The molecule has 16 heavy (non-hydrogen) atoms. The number of hydrogen-bond donors (Lipinski definition) is 1. The Morgan fingerprint density at radius 2 is 2.25 bits per heavy atom. The van der Waals surface area contributed by atoms with Crippen molar-refractivity contribution in [1.82, 2.24) is 9.97 Å². The third-order valence-electron chi connectivity index (χ3n) is 1.63. The van der Waals surface area contributed by atoms with Crippen LogP contribution >= 0.6 is 38.9 Å². The summed E-state index contributed by atoms with van der Waals surface area (Å²) < 4.78 is 0.640. The first kappa shape index (κ1) is 11.5. The SMILES string of the molecule is O=C(Nc1cccc(Cl)n1)c1nc(Br)cs1. The minimum atomic E-state index is -0.300. The van der Waals surface area contributed by atoms with Gasteiger partial charge in [0.15, 0.2) is 5.01 Å². The number of thiazole rings is 1. The van der Waals surface area contributed by atoms with Gasteiger partial charge in [0.1, 0.15) is 15.6 Å². The van der Waals surface area contributed by atoms with Crippen LogP contribution in [0.15, 0.2) is 28.2 Å². The van der Waals surface area contributed by atoms with Gasteiger partial charge in [0.05, 0.1) is 0 Å².